The molecule has 0 saturated heterocycles. The van der Waals surface area contributed by atoms with Gasteiger partial charge in [0.25, 0.3) is 0 Å². The third kappa shape index (κ3) is 6.60. The van der Waals surface area contributed by atoms with Crippen molar-refractivity contribution in [3.05, 3.63) is 0 Å². The Labute approximate surface area is 116 Å². The van der Waals surface area contributed by atoms with Crippen molar-refractivity contribution < 1.29 is 14.3 Å². The summed E-state index contributed by atoms with van der Waals surface area (Å²) in [4.78, 5) is 23.5. The number of carbonyl (C=O) groups is 2. The fourth-order valence-corrected chi connectivity index (χ4v) is 2.40. The topological polar surface area (TPSA) is 55.4 Å². The van der Waals surface area contributed by atoms with Gasteiger partial charge in [-0.2, -0.15) is 0 Å². The first kappa shape index (κ1) is 16.0. The molecule has 1 fully saturated rings. The van der Waals surface area contributed by atoms with Crippen molar-refractivity contribution in [2.75, 3.05) is 6.54 Å². The van der Waals surface area contributed by atoms with Gasteiger partial charge in [0.05, 0.1) is 0 Å². The van der Waals surface area contributed by atoms with Crippen LogP contribution < -0.4 is 5.32 Å². The molecule has 1 unspecified atom stereocenters. The lowest BCUT2D eigenvalue weighted by Gasteiger charge is -2.21. The average molecular weight is 269 g/mol. The van der Waals surface area contributed by atoms with Crippen LogP contribution in [-0.2, 0) is 9.53 Å². The first-order valence-corrected chi connectivity index (χ1v) is 7.27. The molecule has 1 saturated carbocycles. The zero-order chi connectivity index (χ0) is 14.5. The quantitative estimate of drug-likeness (QED) is 0.833. The van der Waals surface area contributed by atoms with E-state index in [1.165, 1.54) is 12.8 Å². The van der Waals surface area contributed by atoms with E-state index in [0.717, 1.165) is 12.8 Å². The Morgan fingerprint density at radius 2 is 1.84 bits per heavy atom. The van der Waals surface area contributed by atoms with Crippen molar-refractivity contribution in [3.8, 4) is 0 Å². The third-order valence-corrected chi connectivity index (χ3v) is 3.35. The van der Waals surface area contributed by atoms with Crippen molar-refractivity contribution >= 4 is 11.9 Å². The van der Waals surface area contributed by atoms with Crippen LogP contribution in [0.25, 0.3) is 0 Å². The van der Waals surface area contributed by atoms with E-state index >= 15 is 0 Å². The highest BCUT2D eigenvalue weighted by Gasteiger charge is 2.24. The molecule has 4 heteroatoms. The highest BCUT2D eigenvalue weighted by Crippen LogP contribution is 2.27. The molecule has 0 radical (unpaired) electrons. The summed E-state index contributed by atoms with van der Waals surface area (Å²) in [5.74, 6) is 0.792. The summed E-state index contributed by atoms with van der Waals surface area (Å²) in [6, 6.07) is 0. The highest BCUT2D eigenvalue weighted by molar-refractivity contribution is 5.81. The molecular weight excluding hydrogens is 242 g/mol. The van der Waals surface area contributed by atoms with Gasteiger partial charge in [-0.3, -0.25) is 4.79 Å². The molecule has 1 amide bonds. The van der Waals surface area contributed by atoms with Crippen molar-refractivity contribution in [1.82, 2.24) is 5.32 Å². The maximum atomic E-state index is 12.0. The first-order valence-electron chi connectivity index (χ1n) is 7.27. The Kier molecular flexibility index (Phi) is 5.83. The second kappa shape index (κ2) is 6.92. The number of Topliss-reactive ketones (excluding diaryl/α,β-unsaturated/α-hetero) is 1. The molecule has 19 heavy (non-hydrogen) atoms. The lowest BCUT2D eigenvalue weighted by atomic mass is 9.94. The minimum Gasteiger partial charge on any atom is -0.444 e. The van der Waals surface area contributed by atoms with Gasteiger partial charge in [-0.1, -0.05) is 19.8 Å². The van der Waals surface area contributed by atoms with Crippen LogP contribution in [0.5, 0.6) is 0 Å². The van der Waals surface area contributed by atoms with E-state index in [-0.39, 0.29) is 11.8 Å². The molecule has 1 aliphatic rings. The lowest BCUT2D eigenvalue weighted by Crippen LogP contribution is -2.35. The monoisotopic (exact) mass is 269 g/mol. The molecular formula is C15H27NO3. The molecule has 4 nitrogen and oxygen atoms in total. The van der Waals surface area contributed by atoms with E-state index in [1.54, 1.807) is 0 Å². The molecule has 1 aliphatic carbocycles. The molecule has 0 aromatic heterocycles. The Morgan fingerprint density at radius 1 is 1.26 bits per heavy atom. The number of ketones is 1. The van der Waals surface area contributed by atoms with E-state index in [9.17, 15) is 9.59 Å². The number of ether oxygens (including phenoxy) is 1. The molecule has 1 N–H and O–H groups in total. The Bertz CT molecular complexity index is 314. The van der Waals surface area contributed by atoms with E-state index < -0.39 is 11.7 Å². The second-order valence-electron chi connectivity index (χ2n) is 6.64. The number of amides is 1. The van der Waals surface area contributed by atoms with Crippen molar-refractivity contribution in [2.24, 2.45) is 11.8 Å². The summed E-state index contributed by atoms with van der Waals surface area (Å²) >= 11 is 0. The van der Waals surface area contributed by atoms with Gasteiger partial charge in [-0.05, 0) is 39.5 Å². The first-order chi connectivity index (χ1) is 8.78. The van der Waals surface area contributed by atoms with Crippen LogP contribution in [0, 0.1) is 11.8 Å². The number of carbonyl (C=O) groups excluding carboxylic acids is 2. The molecule has 0 aromatic rings. The molecule has 1 atom stereocenters. The van der Waals surface area contributed by atoms with Crippen LogP contribution in [-0.4, -0.2) is 24.0 Å². The fraction of sp³-hybridized carbons (Fsp3) is 0.867. The van der Waals surface area contributed by atoms with Crippen LogP contribution in [0.3, 0.4) is 0 Å². The SMILES string of the molecule is CC(CNC(=O)OC(C)(C)C)CC(=O)C1CCCC1. The predicted molar refractivity (Wildman–Crippen MR) is 75.0 cm³/mol. The standard InChI is InChI=1S/C15H27NO3/c1-11(9-13(17)12-7-5-6-8-12)10-16-14(18)19-15(2,3)4/h11-12H,5-10H2,1-4H3,(H,16,18). The second-order valence-corrected chi connectivity index (χ2v) is 6.64. The van der Waals surface area contributed by atoms with Crippen LogP contribution in [0.1, 0.15) is 59.8 Å². The summed E-state index contributed by atoms with van der Waals surface area (Å²) in [5, 5.41) is 2.72. The molecule has 1 rings (SSSR count). The van der Waals surface area contributed by atoms with E-state index in [0.29, 0.717) is 18.7 Å². The van der Waals surface area contributed by atoms with E-state index in [2.05, 4.69) is 5.32 Å². The summed E-state index contributed by atoms with van der Waals surface area (Å²) in [6.07, 6.45) is 4.60. The van der Waals surface area contributed by atoms with Crippen LogP contribution in [0.2, 0.25) is 0 Å². The molecule has 0 aliphatic heterocycles. The van der Waals surface area contributed by atoms with Crippen molar-refractivity contribution in [1.29, 1.82) is 0 Å². The molecule has 0 heterocycles. The fourth-order valence-electron chi connectivity index (χ4n) is 2.40. The van der Waals surface area contributed by atoms with E-state index in [1.807, 2.05) is 27.7 Å². The Hall–Kier alpha value is -1.06. The molecule has 0 aromatic carbocycles. The van der Waals surface area contributed by atoms with Gasteiger partial charge in [-0.25, -0.2) is 4.79 Å². The molecule has 0 bridgehead atoms. The lowest BCUT2D eigenvalue weighted by molar-refractivity contribution is -0.123. The van der Waals surface area contributed by atoms with Crippen molar-refractivity contribution in [2.45, 2.75) is 65.4 Å². The summed E-state index contributed by atoms with van der Waals surface area (Å²) in [5.41, 5.74) is -0.479. The highest BCUT2D eigenvalue weighted by atomic mass is 16.6. The summed E-state index contributed by atoms with van der Waals surface area (Å²) in [7, 11) is 0. The largest absolute Gasteiger partial charge is 0.444 e. The van der Waals surface area contributed by atoms with Gasteiger partial charge in [0.2, 0.25) is 0 Å². The van der Waals surface area contributed by atoms with Gasteiger partial charge in [0.1, 0.15) is 11.4 Å². The zero-order valence-corrected chi connectivity index (χ0v) is 12.6. The van der Waals surface area contributed by atoms with Crippen molar-refractivity contribution in [3.63, 3.8) is 0 Å². The van der Waals surface area contributed by atoms with Gasteiger partial charge < -0.3 is 10.1 Å². The van der Waals surface area contributed by atoms with Gasteiger partial charge in [-0.15, -0.1) is 0 Å². The summed E-state index contributed by atoms with van der Waals surface area (Å²) < 4.78 is 5.16. The minimum absolute atomic E-state index is 0.167. The summed E-state index contributed by atoms with van der Waals surface area (Å²) in [6.45, 7) is 7.98. The maximum Gasteiger partial charge on any atom is 0.407 e. The van der Waals surface area contributed by atoms with Gasteiger partial charge in [0, 0.05) is 18.9 Å². The molecule has 0 spiro atoms. The van der Waals surface area contributed by atoms with Crippen LogP contribution >= 0.6 is 0 Å². The maximum absolute atomic E-state index is 12.0. The van der Waals surface area contributed by atoms with E-state index in [4.69, 9.17) is 4.74 Å². The minimum atomic E-state index is -0.479. The van der Waals surface area contributed by atoms with Crippen LogP contribution in [0.4, 0.5) is 4.79 Å². The number of hydrogen-bond donors (Lipinski definition) is 1. The number of nitrogens with one attached hydrogen (secondary N) is 1. The zero-order valence-electron chi connectivity index (χ0n) is 12.6. The predicted octanol–water partition coefficient (Wildman–Crippen LogP) is 3.30. The third-order valence-electron chi connectivity index (χ3n) is 3.35. The number of hydrogen-bond acceptors (Lipinski definition) is 3. The van der Waals surface area contributed by atoms with Gasteiger partial charge in [0.15, 0.2) is 0 Å². The normalized spacial score (nSPS) is 18.1. The smallest absolute Gasteiger partial charge is 0.407 e. The van der Waals surface area contributed by atoms with Gasteiger partial charge >= 0.3 is 6.09 Å². The van der Waals surface area contributed by atoms with Crippen LogP contribution in [0.15, 0.2) is 0 Å². The molecule has 110 valence electrons. The number of alkyl carbamates (subject to hydrolysis) is 1. The average Bonchev–Trinajstić information content (AvgIpc) is 2.77. The Morgan fingerprint density at radius 3 is 2.37 bits per heavy atom. The number of rotatable bonds is 5. The Balaban J connectivity index is 2.21.